The van der Waals surface area contributed by atoms with Crippen molar-refractivity contribution >= 4 is 21.8 Å². The summed E-state index contributed by atoms with van der Waals surface area (Å²) in [5.74, 6) is 1.02. The van der Waals surface area contributed by atoms with Crippen molar-refractivity contribution in [2.24, 2.45) is 5.92 Å². The van der Waals surface area contributed by atoms with E-state index in [0.717, 1.165) is 24.8 Å². The Bertz CT molecular complexity index is 433. The number of rotatable bonds is 5. The van der Waals surface area contributed by atoms with E-state index in [4.69, 9.17) is 0 Å². The Morgan fingerprint density at radius 2 is 2.21 bits per heavy atom. The molecule has 1 fully saturated rings. The fourth-order valence-electron chi connectivity index (χ4n) is 2.74. The molecule has 0 radical (unpaired) electrons. The molecule has 2 nitrogen and oxygen atoms in total. The monoisotopic (exact) mass is 323 g/mol. The van der Waals surface area contributed by atoms with Crippen LogP contribution in [0.5, 0.6) is 0 Å². The highest BCUT2D eigenvalue weighted by atomic mass is 79.9. The van der Waals surface area contributed by atoms with Gasteiger partial charge in [0.15, 0.2) is 0 Å². The number of halogens is 1. The van der Waals surface area contributed by atoms with Crippen molar-refractivity contribution in [2.75, 3.05) is 18.4 Å². The van der Waals surface area contributed by atoms with Crippen LogP contribution in [0.25, 0.3) is 0 Å². The first-order valence-electron chi connectivity index (χ1n) is 7.09. The van der Waals surface area contributed by atoms with Crippen LogP contribution in [0.3, 0.4) is 0 Å². The molecule has 0 bridgehead atoms. The average Bonchev–Trinajstić information content (AvgIpc) is 2.87. The van der Waals surface area contributed by atoms with Crippen molar-refractivity contribution in [3.05, 3.63) is 35.4 Å². The van der Waals surface area contributed by atoms with Crippen LogP contribution >= 0.6 is 15.9 Å². The molecule has 1 amide bonds. The first-order valence-corrected chi connectivity index (χ1v) is 8.21. The second kappa shape index (κ2) is 7.09. The van der Waals surface area contributed by atoms with Gasteiger partial charge in [-0.2, -0.15) is 0 Å². The molecule has 0 aromatic heterocycles. The predicted molar refractivity (Wildman–Crippen MR) is 82.6 cm³/mol. The van der Waals surface area contributed by atoms with E-state index in [1.807, 2.05) is 11.0 Å². The summed E-state index contributed by atoms with van der Waals surface area (Å²) in [6.45, 7) is 4.02. The van der Waals surface area contributed by atoms with Crippen LogP contribution in [0, 0.1) is 12.8 Å². The zero-order chi connectivity index (χ0) is 13.7. The third kappa shape index (κ3) is 4.07. The maximum absolute atomic E-state index is 12.2. The maximum atomic E-state index is 12.2. The standard InChI is InChI=1S/C16H22BrNO/c1-13-4-2-3-5-15(13)6-7-16(19)18-11-9-14(12-18)8-10-17/h2-5,14H,6-12H2,1H3. The molecule has 1 saturated heterocycles. The summed E-state index contributed by atoms with van der Waals surface area (Å²) in [5, 5.41) is 1.04. The van der Waals surface area contributed by atoms with Gasteiger partial charge in [-0.05, 0) is 43.2 Å². The van der Waals surface area contributed by atoms with Gasteiger partial charge in [0.25, 0.3) is 0 Å². The Balaban J connectivity index is 1.81. The SMILES string of the molecule is Cc1ccccc1CCC(=O)N1CCC(CCBr)C1. The molecule has 19 heavy (non-hydrogen) atoms. The molecule has 1 atom stereocenters. The molecule has 1 aromatic rings. The topological polar surface area (TPSA) is 20.3 Å². The van der Waals surface area contributed by atoms with Crippen LogP contribution in [0.4, 0.5) is 0 Å². The Morgan fingerprint density at radius 1 is 1.42 bits per heavy atom. The molecule has 0 spiro atoms. The van der Waals surface area contributed by atoms with Crippen LogP contribution < -0.4 is 0 Å². The summed E-state index contributed by atoms with van der Waals surface area (Å²) < 4.78 is 0. The van der Waals surface area contributed by atoms with Gasteiger partial charge in [0.1, 0.15) is 0 Å². The first kappa shape index (κ1) is 14.6. The minimum absolute atomic E-state index is 0.320. The fourth-order valence-corrected chi connectivity index (χ4v) is 3.39. The van der Waals surface area contributed by atoms with Crippen molar-refractivity contribution in [1.82, 2.24) is 4.90 Å². The normalized spacial score (nSPS) is 18.8. The number of hydrogen-bond acceptors (Lipinski definition) is 1. The Hall–Kier alpha value is -0.830. The minimum Gasteiger partial charge on any atom is -0.342 e. The number of hydrogen-bond donors (Lipinski definition) is 0. The highest BCUT2D eigenvalue weighted by Gasteiger charge is 2.25. The molecule has 1 unspecified atom stereocenters. The van der Waals surface area contributed by atoms with Crippen molar-refractivity contribution in [2.45, 2.75) is 32.6 Å². The molecule has 1 aliphatic heterocycles. The summed E-state index contributed by atoms with van der Waals surface area (Å²) in [5.41, 5.74) is 2.58. The van der Waals surface area contributed by atoms with Gasteiger partial charge in [-0.25, -0.2) is 0 Å². The quantitative estimate of drug-likeness (QED) is 0.759. The van der Waals surface area contributed by atoms with Crippen molar-refractivity contribution < 1.29 is 4.79 Å². The molecule has 0 saturated carbocycles. The fraction of sp³-hybridized carbons (Fsp3) is 0.562. The lowest BCUT2D eigenvalue weighted by atomic mass is 10.0. The van der Waals surface area contributed by atoms with E-state index in [1.54, 1.807) is 0 Å². The van der Waals surface area contributed by atoms with Crippen LogP contribution in [0.2, 0.25) is 0 Å². The molecule has 1 heterocycles. The molecular formula is C16H22BrNO. The van der Waals surface area contributed by atoms with E-state index in [-0.39, 0.29) is 0 Å². The van der Waals surface area contributed by atoms with E-state index in [0.29, 0.717) is 18.2 Å². The molecular weight excluding hydrogens is 302 g/mol. The van der Waals surface area contributed by atoms with Gasteiger partial charge in [-0.15, -0.1) is 0 Å². The van der Waals surface area contributed by atoms with Crippen molar-refractivity contribution in [1.29, 1.82) is 0 Å². The second-order valence-electron chi connectivity index (χ2n) is 5.40. The number of likely N-dealkylation sites (tertiary alicyclic amines) is 1. The third-order valence-electron chi connectivity index (χ3n) is 4.03. The van der Waals surface area contributed by atoms with E-state index < -0.39 is 0 Å². The zero-order valence-corrected chi connectivity index (χ0v) is 13.2. The Labute approximate surface area is 124 Å². The number of nitrogens with zero attached hydrogens (tertiary/aromatic N) is 1. The first-order chi connectivity index (χ1) is 9.20. The molecule has 104 valence electrons. The smallest absolute Gasteiger partial charge is 0.222 e. The van der Waals surface area contributed by atoms with Gasteiger partial charge in [0.2, 0.25) is 5.91 Å². The molecule has 1 aliphatic rings. The lowest BCUT2D eigenvalue weighted by Gasteiger charge is -2.16. The highest BCUT2D eigenvalue weighted by molar-refractivity contribution is 9.09. The number of alkyl halides is 1. The van der Waals surface area contributed by atoms with Crippen LogP contribution in [-0.4, -0.2) is 29.2 Å². The third-order valence-corrected chi connectivity index (χ3v) is 4.48. The predicted octanol–water partition coefficient (Wildman–Crippen LogP) is 3.56. The van der Waals surface area contributed by atoms with Crippen molar-refractivity contribution in [3.63, 3.8) is 0 Å². The van der Waals surface area contributed by atoms with Crippen LogP contribution in [0.15, 0.2) is 24.3 Å². The van der Waals surface area contributed by atoms with Crippen molar-refractivity contribution in [3.8, 4) is 0 Å². The second-order valence-corrected chi connectivity index (χ2v) is 6.19. The largest absolute Gasteiger partial charge is 0.342 e. The number of carbonyl (C=O) groups excluding carboxylic acids is 1. The summed E-state index contributed by atoms with van der Waals surface area (Å²) in [6, 6.07) is 8.34. The average molecular weight is 324 g/mol. The van der Waals surface area contributed by atoms with E-state index in [9.17, 15) is 4.79 Å². The van der Waals surface area contributed by atoms with Gasteiger partial charge in [-0.1, -0.05) is 40.2 Å². The summed E-state index contributed by atoms with van der Waals surface area (Å²) >= 11 is 3.48. The van der Waals surface area contributed by atoms with Crippen LogP contribution in [-0.2, 0) is 11.2 Å². The summed E-state index contributed by atoms with van der Waals surface area (Å²) in [7, 11) is 0. The van der Waals surface area contributed by atoms with Gasteiger partial charge in [-0.3, -0.25) is 4.79 Å². The Morgan fingerprint density at radius 3 is 2.95 bits per heavy atom. The van der Waals surface area contributed by atoms with Gasteiger partial charge in [0, 0.05) is 24.8 Å². The number of amides is 1. The van der Waals surface area contributed by atoms with E-state index in [1.165, 1.54) is 24.0 Å². The number of benzene rings is 1. The number of carbonyl (C=O) groups is 1. The summed E-state index contributed by atoms with van der Waals surface area (Å²) in [4.78, 5) is 14.2. The molecule has 1 aromatic carbocycles. The maximum Gasteiger partial charge on any atom is 0.222 e. The molecule has 2 rings (SSSR count). The van der Waals surface area contributed by atoms with E-state index >= 15 is 0 Å². The minimum atomic E-state index is 0.320. The zero-order valence-electron chi connectivity index (χ0n) is 11.6. The lowest BCUT2D eigenvalue weighted by molar-refractivity contribution is -0.130. The van der Waals surface area contributed by atoms with Crippen LogP contribution in [0.1, 0.15) is 30.4 Å². The highest BCUT2D eigenvalue weighted by Crippen LogP contribution is 2.21. The Kier molecular flexibility index (Phi) is 5.44. The van der Waals surface area contributed by atoms with Gasteiger partial charge >= 0.3 is 0 Å². The number of aryl methyl sites for hydroxylation is 2. The lowest BCUT2D eigenvalue weighted by Crippen LogP contribution is -2.28. The molecule has 3 heteroatoms. The molecule has 0 N–H and O–H groups in total. The summed E-state index contributed by atoms with van der Waals surface area (Å²) in [6.07, 6.45) is 3.86. The van der Waals surface area contributed by atoms with Gasteiger partial charge < -0.3 is 4.90 Å². The van der Waals surface area contributed by atoms with Gasteiger partial charge in [0.05, 0.1) is 0 Å². The van der Waals surface area contributed by atoms with E-state index in [2.05, 4.69) is 41.1 Å². The molecule has 0 aliphatic carbocycles.